The Morgan fingerprint density at radius 1 is 1.00 bits per heavy atom. The molecule has 1 amide bonds. The second-order valence-corrected chi connectivity index (χ2v) is 8.18. The number of benzene rings is 3. The van der Waals surface area contributed by atoms with Crippen molar-refractivity contribution in [2.45, 2.75) is 25.4 Å². The molecular weight excluding hydrogens is 417 g/mol. The number of hydrogen-bond acceptors (Lipinski definition) is 3. The fourth-order valence-electron chi connectivity index (χ4n) is 3.96. The monoisotopic (exact) mass is 441 g/mol. The summed E-state index contributed by atoms with van der Waals surface area (Å²) in [6.45, 7) is 0.276. The van der Waals surface area contributed by atoms with Crippen molar-refractivity contribution in [2.24, 2.45) is 7.05 Å². The smallest absolute Gasteiger partial charge is 0.257 e. The highest BCUT2D eigenvalue weighted by atomic mass is 19.1. The van der Waals surface area contributed by atoms with Crippen LogP contribution < -0.4 is 4.74 Å². The molecule has 0 spiro atoms. The summed E-state index contributed by atoms with van der Waals surface area (Å²) in [5, 5.41) is 4.74. The van der Waals surface area contributed by atoms with Gasteiger partial charge in [-0.25, -0.2) is 9.07 Å². The minimum Gasteiger partial charge on any atom is -0.439 e. The molecule has 0 bridgehead atoms. The molecule has 6 heteroatoms. The molecule has 4 aromatic rings. The Kier molecular flexibility index (Phi) is 5.65. The topological polar surface area (TPSA) is 47.4 Å². The van der Waals surface area contributed by atoms with Crippen LogP contribution in [0.1, 0.15) is 28.8 Å². The van der Waals surface area contributed by atoms with E-state index in [0.29, 0.717) is 11.6 Å². The first-order chi connectivity index (χ1) is 16.1. The molecule has 5 nitrogen and oxygen atoms in total. The van der Waals surface area contributed by atoms with E-state index in [9.17, 15) is 9.18 Å². The van der Waals surface area contributed by atoms with Crippen molar-refractivity contribution in [3.05, 3.63) is 102 Å². The maximum atomic E-state index is 14.4. The molecule has 0 aliphatic heterocycles. The van der Waals surface area contributed by atoms with Gasteiger partial charge in [0.2, 0.25) is 5.88 Å². The lowest BCUT2D eigenvalue weighted by molar-refractivity contribution is 0.0724. The predicted octanol–water partition coefficient (Wildman–Crippen LogP) is 5.82. The van der Waals surface area contributed by atoms with Crippen LogP contribution in [0.4, 0.5) is 4.39 Å². The Bertz CT molecular complexity index is 1270. The molecule has 1 aromatic heterocycles. The number of aromatic nitrogens is 2. The van der Waals surface area contributed by atoms with Crippen LogP contribution in [0.15, 0.2) is 84.9 Å². The van der Waals surface area contributed by atoms with Gasteiger partial charge in [0.1, 0.15) is 17.3 Å². The van der Waals surface area contributed by atoms with Gasteiger partial charge >= 0.3 is 0 Å². The van der Waals surface area contributed by atoms with E-state index in [1.54, 1.807) is 21.7 Å². The summed E-state index contributed by atoms with van der Waals surface area (Å²) in [7, 11) is 1.83. The summed E-state index contributed by atoms with van der Waals surface area (Å²) < 4.78 is 22.4. The number of amides is 1. The minimum absolute atomic E-state index is 0.0745. The molecule has 0 atom stereocenters. The predicted molar refractivity (Wildman–Crippen MR) is 124 cm³/mol. The van der Waals surface area contributed by atoms with Crippen molar-refractivity contribution in [2.75, 3.05) is 0 Å². The van der Waals surface area contributed by atoms with Gasteiger partial charge < -0.3 is 9.64 Å². The van der Waals surface area contributed by atoms with E-state index in [0.717, 1.165) is 29.7 Å². The Hall–Kier alpha value is -3.93. The Balaban J connectivity index is 1.57. The zero-order valence-corrected chi connectivity index (χ0v) is 18.3. The molecule has 1 aliphatic rings. The van der Waals surface area contributed by atoms with Crippen LogP contribution in [0.2, 0.25) is 0 Å². The first-order valence-corrected chi connectivity index (χ1v) is 11.0. The molecular formula is C27H24FN3O2. The standard InChI is InChI=1S/C27H24FN3O2/c1-30-27(33-21-12-6-3-7-13-21)23(25(29-30)19-10-4-2-5-11-19)18-31(20-16-17-20)26(32)22-14-8-9-15-24(22)28/h2-15,20H,16-18H2,1H3. The van der Waals surface area contributed by atoms with Gasteiger partial charge in [0.05, 0.1) is 17.7 Å². The largest absolute Gasteiger partial charge is 0.439 e. The molecule has 3 aromatic carbocycles. The lowest BCUT2D eigenvalue weighted by Gasteiger charge is -2.23. The maximum absolute atomic E-state index is 14.4. The first-order valence-electron chi connectivity index (χ1n) is 11.0. The Morgan fingerprint density at radius 3 is 2.30 bits per heavy atom. The van der Waals surface area contributed by atoms with E-state index < -0.39 is 5.82 Å². The van der Waals surface area contributed by atoms with Gasteiger partial charge in [-0.15, -0.1) is 0 Å². The second kappa shape index (κ2) is 8.90. The summed E-state index contributed by atoms with van der Waals surface area (Å²) in [5.74, 6) is 0.416. The summed E-state index contributed by atoms with van der Waals surface area (Å²) in [6, 6.07) is 25.5. The third-order valence-corrected chi connectivity index (χ3v) is 5.77. The first kappa shape index (κ1) is 20.9. The second-order valence-electron chi connectivity index (χ2n) is 8.18. The number of carbonyl (C=O) groups excluding carboxylic acids is 1. The summed E-state index contributed by atoms with van der Waals surface area (Å²) in [5.41, 5.74) is 2.56. The van der Waals surface area contributed by atoms with E-state index in [-0.39, 0.29) is 24.1 Å². The number of carbonyl (C=O) groups is 1. The SMILES string of the molecule is Cn1nc(-c2ccccc2)c(CN(C(=O)c2ccccc2F)C2CC2)c1Oc1ccccc1. The lowest BCUT2D eigenvalue weighted by atomic mass is 10.1. The highest BCUT2D eigenvalue weighted by Gasteiger charge is 2.36. The number of hydrogen-bond donors (Lipinski definition) is 0. The third kappa shape index (κ3) is 4.37. The van der Waals surface area contributed by atoms with Crippen LogP contribution in [0.25, 0.3) is 11.3 Å². The molecule has 1 fully saturated rings. The highest BCUT2D eigenvalue weighted by molar-refractivity contribution is 5.95. The zero-order valence-electron chi connectivity index (χ0n) is 18.3. The van der Waals surface area contributed by atoms with Crippen molar-refractivity contribution in [1.82, 2.24) is 14.7 Å². The number of rotatable bonds is 7. The fraction of sp³-hybridized carbons (Fsp3) is 0.185. The van der Waals surface area contributed by atoms with Gasteiger partial charge in [0.25, 0.3) is 5.91 Å². The van der Waals surface area contributed by atoms with E-state index in [4.69, 9.17) is 9.84 Å². The van der Waals surface area contributed by atoms with E-state index in [1.165, 1.54) is 12.1 Å². The van der Waals surface area contributed by atoms with Crippen molar-refractivity contribution in [3.8, 4) is 22.9 Å². The van der Waals surface area contributed by atoms with Gasteiger partial charge in [0, 0.05) is 18.7 Å². The maximum Gasteiger partial charge on any atom is 0.257 e. The van der Waals surface area contributed by atoms with Crippen molar-refractivity contribution < 1.29 is 13.9 Å². The van der Waals surface area contributed by atoms with Crippen LogP contribution in [0.5, 0.6) is 11.6 Å². The minimum atomic E-state index is -0.511. The molecule has 0 N–H and O–H groups in total. The number of halogens is 1. The highest BCUT2D eigenvalue weighted by Crippen LogP contribution is 2.37. The Labute approximate surface area is 192 Å². The molecule has 33 heavy (non-hydrogen) atoms. The average Bonchev–Trinajstić information content (AvgIpc) is 3.64. The van der Waals surface area contributed by atoms with Gasteiger partial charge in [-0.3, -0.25) is 4.79 Å². The lowest BCUT2D eigenvalue weighted by Crippen LogP contribution is -2.33. The molecule has 166 valence electrons. The number of para-hydroxylation sites is 1. The van der Waals surface area contributed by atoms with Crippen LogP contribution in [-0.2, 0) is 13.6 Å². The Morgan fingerprint density at radius 2 is 1.64 bits per heavy atom. The summed E-state index contributed by atoms with van der Waals surface area (Å²) >= 11 is 0. The van der Waals surface area contributed by atoms with Crippen LogP contribution in [0, 0.1) is 5.82 Å². The molecule has 1 heterocycles. The average molecular weight is 442 g/mol. The third-order valence-electron chi connectivity index (χ3n) is 5.77. The molecule has 0 unspecified atom stereocenters. The van der Waals surface area contributed by atoms with Gasteiger partial charge in [-0.2, -0.15) is 5.10 Å². The molecule has 1 aliphatic carbocycles. The molecule has 1 saturated carbocycles. The number of nitrogens with zero attached hydrogens (tertiary/aromatic N) is 3. The summed E-state index contributed by atoms with van der Waals surface area (Å²) in [4.78, 5) is 15.1. The van der Waals surface area contributed by atoms with Crippen LogP contribution in [0.3, 0.4) is 0 Å². The van der Waals surface area contributed by atoms with Crippen LogP contribution >= 0.6 is 0 Å². The van der Waals surface area contributed by atoms with Crippen LogP contribution in [-0.4, -0.2) is 26.6 Å². The molecule has 0 radical (unpaired) electrons. The fourth-order valence-corrected chi connectivity index (χ4v) is 3.96. The number of aryl methyl sites for hydroxylation is 1. The molecule has 5 rings (SSSR count). The zero-order chi connectivity index (χ0) is 22.8. The molecule has 0 saturated heterocycles. The quantitative estimate of drug-likeness (QED) is 0.363. The van der Waals surface area contributed by atoms with E-state index >= 15 is 0 Å². The normalized spacial score (nSPS) is 13.0. The van der Waals surface area contributed by atoms with Crippen molar-refractivity contribution in [3.63, 3.8) is 0 Å². The van der Waals surface area contributed by atoms with E-state index in [1.807, 2.05) is 67.7 Å². The van der Waals surface area contributed by atoms with Crippen molar-refractivity contribution >= 4 is 5.91 Å². The number of ether oxygens (including phenoxy) is 1. The van der Waals surface area contributed by atoms with Crippen molar-refractivity contribution in [1.29, 1.82) is 0 Å². The van der Waals surface area contributed by atoms with Gasteiger partial charge in [0.15, 0.2) is 0 Å². The van der Waals surface area contributed by atoms with E-state index in [2.05, 4.69) is 0 Å². The van der Waals surface area contributed by atoms with Gasteiger partial charge in [-0.05, 0) is 37.1 Å². The summed E-state index contributed by atoms with van der Waals surface area (Å²) in [6.07, 6.45) is 1.80. The van der Waals surface area contributed by atoms with Gasteiger partial charge in [-0.1, -0.05) is 60.7 Å².